The SMILES string of the molecule is COCc1ccccc1NC(=O)C(=O)NCC(N)=S. The Labute approximate surface area is 116 Å². The molecule has 7 heteroatoms. The van der Waals surface area contributed by atoms with Crippen molar-refractivity contribution in [2.45, 2.75) is 6.61 Å². The summed E-state index contributed by atoms with van der Waals surface area (Å²) in [6, 6.07) is 7.05. The van der Waals surface area contributed by atoms with Crippen LogP contribution in [0.3, 0.4) is 0 Å². The van der Waals surface area contributed by atoms with Crippen LogP contribution in [0.5, 0.6) is 0 Å². The average Bonchev–Trinajstić information content (AvgIpc) is 2.38. The van der Waals surface area contributed by atoms with Crippen LogP contribution in [0.15, 0.2) is 24.3 Å². The highest BCUT2D eigenvalue weighted by Gasteiger charge is 2.14. The summed E-state index contributed by atoms with van der Waals surface area (Å²) >= 11 is 4.60. The molecule has 0 unspecified atom stereocenters. The number of amides is 2. The fraction of sp³-hybridized carbons (Fsp3) is 0.250. The highest BCUT2D eigenvalue weighted by molar-refractivity contribution is 7.80. The standard InChI is InChI=1S/C12H15N3O3S/c1-18-7-8-4-2-3-5-9(8)15-12(17)11(16)14-6-10(13)19/h2-5H,6-7H2,1H3,(H2,13,19)(H,14,16)(H,15,17). The van der Waals surface area contributed by atoms with E-state index in [9.17, 15) is 9.59 Å². The molecule has 0 atom stereocenters. The van der Waals surface area contributed by atoms with Gasteiger partial charge < -0.3 is 21.1 Å². The first-order valence-electron chi connectivity index (χ1n) is 5.49. The smallest absolute Gasteiger partial charge is 0.313 e. The molecule has 0 aliphatic rings. The van der Waals surface area contributed by atoms with E-state index in [1.54, 1.807) is 25.3 Å². The highest BCUT2D eigenvalue weighted by Crippen LogP contribution is 2.15. The van der Waals surface area contributed by atoms with E-state index in [0.29, 0.717) is 12.3 Å². The van der Waals surface area contributed by atoms with E-state index in [-0.39, 0.29) is 11.5 Å². The van der Waals surface area contributed by atoms with Crippen LogP contribution >= 0.6 is 12.2 Å². The molecule has 0 heterocycles. The van der Waals surface area contributed by atoms with Gasteiger partial charge in [-0.25, -0.2) is 0 Å². The van der Waals surface area contributed by atoms with Gasteiger partial charge in [0, 0.05) is 18.4 Å². The van der Waals surface area contributed by atoms with Gasteiger partial charge in [-0.1, -0.05) is 30.4 Å². The lowest BCUT2D eigenvalue weighted by atomic mass is 10.2. The van der Waals surface area contributed by atoms with Gasteiger partial charge in [-0.2, -0.15) is 0 Å². The average molecular weight is 281 g/mol. The van der Waals surface area contributed by atoms with Gasteiger partial charge in [0.05, 0.1) is 18.1 Å². The number of benzene rings is 1. The summed E-state index contributed by atoms with van der Waals surface area (Å²) in [7, 11) is 1.55. The molecule has 0 fully saturated rings. The number of hydrogen-bond acceptors (Lipinski definition) is 4. The molecule has 0 aliphatic carbocycles. The second-order valence-corrected chi connectivity index (χ2v) is 4.22. The molecule has 0 bridgehead atoms. The summed E-state index contributed by atoms with van der Waals surface area (Å²) in [6.45, 7) is 0.326. The van der Waals surface area contributed by atoms with Gasteiger partial charge in [-0.3, -0.25) is 9.59 Å². The van der Waals surface area contributed by atoms with Gasteiger partial charge in [0.15, 0.2) is 0 Å². The minimum absolute atomic E-state index is 0.0126. The maximum absolute atomic E-state index is 11.6. The Morgan fingerprint density at radius 3 is 2.63 bits per heavy atom. The Hall–Kier alpha value is -1.99. The van der Waals surface area contributed by atoms with Crippen molar-refractivity contribution in [1.82, 2.24) is 5.32 Å². The summed E-state index contributed by atoms with van der Waals surface area (Å²) < 4.78 is 5.00. The highest BCUT2D eigenvalue weighted by atomic mass is 32.1. The third kappa shape index (κ3) is 5.02. The lowest BCUT2D eigenvalue weighted by Crippen LogP contribution is -2.39. The van der Waals surface area contributed by atoms with Crippen molar-refractivity contribution in [3.8, 4) is 0 Å². The predicted molar refractivity (Wildman–Crippen MR) is 75.6 cm³/mol. The van der Waals surface area contributed by atoms with Crippen LogP contribution in [0, 0.1) is 0 Å². The Bertz CT molecular complexity index is 491. The van der Waals surface area contributed by atoms with E-state index in [1.807, 2.05) is 6.07 Å². The normalized spacial score (nSPS) is 9.74. The number of methoxy groups -OCH3 is 1. The molecule has 0 aromatic heterocycles. The van der Waals surface area contributed by atoms with Crippen LogP contribution in [0.25, 0.3) is 0 Å². The summed E-state index contributed by atoms with van der Waals surface area (Å²) in [5.74, 6) is -1.57. The molecule has 1 aromatic rings. The molecule has 102 valence electrons. The zero-order chi connectivity index (χ0) is 14.3. The number of rotatable bonds is 5. The van der Waals surface area contributed by atoms with Crippen molar-refractivity contribution in [2.75, 3.05) is 19.0 Å². The minimum atomic E-state index is -0.792. The first kappa shape index (κ1) is 15.1. The Balaban J connectivity index is 2.66. The predicted octanol–water partition coefficient (Wildman–Crippen LogP) is 0.174. The molecule has 19 heavy (non-hydrogen) atoms. The number of anilines is 1. The maximum atomic E-state index is 11.6. The lowest BCUT2D eigenvalue weighted by Gasteiger charge is -2.10. The van der Waals surface area contributed by atoms with E-state index in [4.69, 9.17) is 10.5 Å². The van der Waals surface area contributed by atoms with Crippen LogP contribution in [0.2, 0.25) is 0 Å². The van der Waals surface area contributed by atoms with Gasteiger partial charge in [-0.15, -0.1) is 0 Å². The zero-order valence-corrected chi connectivity index (χ0v) is 11.3. The molecule has 0 saturated carbocycles. The van der Waals surface area contributed by atoms with Crippen molar-refractivity contribution in [3.05, 3.63) is 29.8 Å². The number of carbonyl (C=O) groups is 2. The third-order valence-electron chi connectivity index (χ3n) is 2.19. The minimum Gasteiger partial charge on any atom is -0.392 e. The van der Waals surface area contributed by atoms with Crippen LogP contribution in [0.4, 0.5) is 5.69 Å². The molecule has 1 aromatic carbocycles. The zero-order valence-electron chi connectivity index (χ0n) is 10.4. The molecule has 0 radical (unpaired) electrons. The van der Waals surface area contributed by atoms with E-state index >= 15 is 0 Å². The van der Waals surface area contributed by atoms with Crippen molar-refractivity contribution >= 4 is 34.7 Å². The monoisotopic (exact) mass is 281 g/mol. The summed E-state index contributed by atoms with van der Waals surface area (Å²) in [5, 5.41) is 4.81. The number of hydrogen-bond donors (Lipinski definition) is 3. The number of thiocarbonyl (C=S) groups is 1. The fourth-order valence-electron chi connectivity index (χ4n) is 1.35. The largest absolute Gasteiger partial charge is 0.392 e. The second-order valence-electron chi connectivity index (χ2n) is 3.69. The molecule has 2 amide bonds. The van der Waals surface area contributed by atoms with Gasteiger partial charge >= 0.3 is 11.8 Å². The van der Waals surface area contributed by atoms with Crippen LogP contribution in [-0.4, -0.2) is 30.5 Å². The van der Waals surface area contributed by atoms with Crippen molar-refractivity contribution in [3.63, 3.8) is 0 Å². The molecule has 1 rings (SSSR count). The molecular weight excluding hydrogens is 266 g/mol. The summed E-state index contributed by atoms with van der Waals surface area (Å²) in [6.07, 6.45) is 0. The lowest BCUT2D eigenvalue weighted by molar-refractivity contribution is -0.135. The molecule has 0 spiro atoms. The molecule has 0 saturated heterocycles. The molecular formula is C12H15N3O3S. The second kappa shape index (κ2) is 7.45. The van der Waals surface area contributed by atoms with E-state index < -0.39 is 11.8 Å². The van der Waals surface area contributed by atoms with E-state index in [1.165, 1.54) is 0 Å². The van der Waals surface area contributed by atoms with Crippen LogP contribution in [0.1, 0.15) is 5.56 Å². The number of nitrogens with two attached hydrogens (primary N) is 1. The number of ether oxygens (including phenoxy) is 1. The number of para-hydroxylation sites is 1. The van der Waals surface area contributed by atoms with E-state index in [0.717, 1.165) is 5.56 Å². The fourth-order valence-corrected chi connectivity index (χ4v) is 1.42. The summed E-state index contributed by atoms with van der Waals surface area (Å²) in [5.41, 5.74) is 6.53. The topological polar surface area (TPSA) is 93.4 Å². The molecule has 0 aliphatic heterocycles. The first-order chi connectivity index (χ1) is 9.04. The maximum Gasteiger partial charge on any atom is 0.313 e. The number of nitrogens with one attached hydrogen (secondary N) is 2. The molecule has 4 N–H and O–H groups in total. The molecule has 6 nitrogen and oxygen atoms in total. The summed E-state index contributed by atoms with van der Waals surface area (Å²) in [4.78, 5) is 23.2. The Morgan fingerprint density at radius 2 is 2.00 bits per heavy atom. The van der Waals surface area contributed by atoms with Gasteiger partial charge in [0.2, 0.25) is 0 Å². The number of carbonyl (C=O) groups excluding carboxylic acids is 2. The van der Waals surface area contributed by atoms with Crippen molar-refractivity contribution in [1.29, 1.82) is 0 Å². The quantitative estimate of drug-likeness (QED) is 0.528. The Kier molecular flexibility index (Phi) is 5.91. The van der Waals surface area contributed by atoms with Crippen LogP contribution < -0.4 is 16.4 Å². The van der Waals surface area contributed by atoms with Gasteiger partial charge in [-0.05, 0) is 6.07 Å². The van der Waals surface area contributed by atoms with Crippen molar-refractivity contribution < 1.29 is 14.3 Å². The first-order valence-corrected chi connectivity index (χ1v) is 5.89. The van der Waals surface area contributed by atoms with Crippen molar-refractivity contribution in [2.24, 2.45) is 5.73 Å². The van der Waals surface area contributed by atoms with Gasteiger partial charge in [0.25, 0.3) is 0 Å². The van der Waals surface area contributed by atoms with Gasteiger partial charge in [0.1, 0.15) is 0 Å². The van der Waals surface area contributed by atoms with Crippen LogP contribution in [-0.2, 0) is 20.9 Å². The van der Waals surface area contributed by atoms with E-state index in [2.05, 4.69) is 22.9 Å². The Morgan fingerprint density at radius 1 is 1.32 bits per heavy atom. The third-order valence-corrected chi connectivity index (χ3v) is 2.34.